The Hall–Kier alpha value is -0.570. The van der Waals surface area contributed by atoms with Gasteiger partial charge in [-0.15, -0.1) is 0 Å². The highest BCUT2D eigenvalue weighted by molar-refractivity contribution is 5.83. The molecule has 1 fully saturated rings. The minimum atomic E-state index is 0.0735. The van der Waals surface area contributed by atoms with Crippen LogP contribution < -0.4 is 5.32 Å². The van der Waals surface area contributed by atoms with Crippen molar-refractivity contribution in [1.29, 1.82) is 0 Å². The summed E-state index contributed by atoms with van der Waals surface area (Å²) in [5, 5.41) is 3.31. The van der Waals surface area contributed by atoms with E-state index >= 15 is 0 Å². The van der Waals surface area contributed by atoms with Crippen molar-refractivity contribution in [3.05, 3.63) is 0 Å². The van der Waals surface area contributed by atoms with Crippen LogP contribution in [0.15, 0.2) is 0 Å². The van der Waals surface area contributed by atoms with Crippen LogP contribution in [0.4, 0.5) is 0 Å². The fourth-order valence-corrected chi connectivity index (χ4v) is 2.34. The summed E-state index contributed by atoms with van der Waals surface area (Å²) < 4.78 is 0. The van der Waals surface area contributed by atoms with Gasteiger partial charge in [-0.3, -0.25) is 10.1 Å². The summed E-state index contributed by atoms with van der Waals surface area (Å²) in [7, 11) is 0. The van der Waals surface area contributed by atoms with E-state index in [0.717, 1.165) is 25.9 Å². The van der Waals surface area contributed by atoms with Crippen LogP contribution in [-0.4, -0.2) is 29.6 Å². The first-order valence-corrected chi connectivity index (χ1v) is 6.63. The molecule has 1 N–H and O–H groups in total. The Morgan fingerprint density at radius 2 is 2.12 bits per heavy atom. The second-order valence-electron chi connectivity index (χ2n) is 5.11. The molecule has 1 aliphatic heterocycles. The summed E-state index contributed by atoms with van der Waals surface area (Å²) in [6, 6.07) is 0.446. The van der Waals surface area contributed by atoms with E-state index in [1.165, 1.54) is 6.42 Å². The molecule has 0 saturated carbocycles. The van der Waals surface area contributed by atoms with Crippen LogP contribution in [0.3, 0.4) is 0 Å². The first kappa shape index (κ1) is 13.5. The van der Waals surface area contributed by atoms with E-state index in [0.29, 0.717) is 17.9 Å². The maximum Gasteiger partial charge on any atom is 0.241 e. The maximum absolute atomic E-state index is 12.1. The van der Waals surface area contributed by atoms with Crippen molar-refractivity contribution in [2.45, 2.75) is 65.5 Å². The Balaban J connectivity index is 2.46. The molecule has 0 aromatic carbocycles. The lowest BCUT2D eigenvalue weighted by atomic mass is 9.99. The van der Waals surface area contributed by atoms with Gasteiger partial charge in [0.2, 0.25) is 5.91 Å². The molecular formula is C13H26N2O. The van der Waals surface area contributed by atoms with Crippen LogP contribution >= 0.6 is 0 Å². The highest BCUT2D eigenvalue weighted by Gasteiger charge is 2.33. The standard InChI is InChI=1S/C13H26N2O/c1-5-7-12-13(16)15(9-14-12)11(4)8-10(3)6-2/h10-12,14H,5-9H2,1-4H3. The molecule has 1 aliphatic rings. The van der Waals surface area contributed by atoms with E-state index in [1.54, 1.807) is 0 Å². The molecule has 0 bridgehead atoms. The maximum atomic E-state index is 12.1. The van der Waals surface area contributed by atoms with Crippen molar-refractivity contribution in [3.63, 3.8) is 0 Å². The Kier molecular flexibility index (Phi) is 5.26. The summed E-state index contributed by atoms with van der Waals surface area (Å²) in [5.41, 5.74) is 0. The third-order valence-electron chi connectivity index (χ3n) is 3.64. The SMILES string of the molecule is CCCC1NCN(C(C)CC(C)CC)C1=O. The van der Waals surface area contributed by atoms with Crippen molar-refractivity contribution >= 4 is 5.91 Å². The molecule has 1 heterocycles. The summed E-state index contributed by atoms with van der Waals surface area (Å²) in [4.78, 5) is 14.1. The highest BCUT2D eigenvalue weighted by Crippen LogP contribution is 2.18. The molecule has 1 saturated heterocycles. The van der Waals surface area contributed by atoms with E-state index in [2.05, 4.69) is 33.0 Å². The van der Waals surface area contributed by atoms with Gasteiger partial charge in [0.1, 0.15) is 0 Å². The number of nitrogens with one attached hydrogen (secondary N) is 1. The topological polar surface area (TPSA) is 32.3 Å². The Bertz CT molecular complexity index is 230. The summed E-state index contributed by atoms with van der Waals surface area (Å²) in [6.45, 7) is 9.50. The van der Waals surface area contributed by atoms with E-state index in [1.807, 2.05) is 4.90 Å². The molecule has 0 aliphatic carbocycles. The summed E-state index contributed by atoms with van der Waals surface area (Å²) >= 11 is 0. The second-order valence-corrected chi connectivity index (χ2v) is 5.11. The zero-order chi connectivity index (χ0) is 12.1. The van der Waals surface area contributed by atoms with Gasteiger partial charge in [0.05, 0.1) is 12.7 Å². The van der Waals surface area contributed by atoms with Crippen LogP contribution in [0, 0.1) is 5.92 Å². The van der Waals surface area contributed by atoms with Gasteiger partial charge in [0.15, 0.2) is 0 Å². The monoisotopic (exact) mass is 226 g/mol. The number of carbonyl (C=O) groups is 1. The molecule has 0 radical (unpaired) electrons. The smallest absolute Gasteiger partial charge is 0.241 e. The average molecular weight is 226 g/mol. The van der Waals surface area contributed by atoms with Crippen molar-refractivity contribution in [2.24, 2.45) is 5.92 Å². The molecule has 3 unspecified atom stereocenters. The van der Waals surface area contributed by atoms with Gasteiger partial charge in [0.25, 0.3) is 0 Å². The molecule has 1 amide bonds. The fraction of sp³-hybridized carbons (Fsp3) is 0.923. The minimum Gasteiger partial charge on any atom is -0.326 e. The highest BCUT2D eigenvalue weighted by atomic mass is 16.2. The number of carbonyl (C=O) groups excluding carboxylic acids is 1. The van der Waals surface area contributed by atoms with Gasteiger partial charge in [-0.1, -0.05) is 33.6 Å². The van der Waals surface area contributed by atoms with Gasteiger partial charge in [-0.2, -0.15) is 0 Å². The predicted molar refractivity (Wildman–Crippen MR) is 67.1 cm³/mol. The van der Waals surface area contributed by atoms with Crippen molar-refractivity contribution in [3.8, 4) is 0 Å². The van der Waals surface area contributed by atoms with Crippen molar-refractivity contribution in [2.75, 3.05) is 6.67 Å². The molecule has 94 valence electrons. The normalized spacial score (nSPS) is 24.9. The van der Waals surface area contributed by atoms with Gasteiger partial charge in [-0.05, 0) is 25.7 Å². The largest absolute Gasteiger partial charge is 0.326 e. The number of hydrogen-bond acceptors (Lipinski definition) is 2. The van der Waals surface area contributed by atoms with Crippen LogP contribution in [-0.2, 0) is 4.79 Å². The van der Waals surface area contributed by atoms with E-state index < -0.39 is 0 Å². The van der Waals surface area contributed by atoms with E-state index in [-0.39, 0.29) is 6.04 Å². The number of hydrogen-bond donors (Lipinski definition) is 1. The van der Waals surface area contributed by atoms with Crippen LogP contribution in [0.2, 0.25) is 0 Å². The van der Waals surface area contributed by atoms with Crippen LogP contribution in [0.25, 0.3) is 0 Å². The fourth-order valence-electron chi connectivity index (χ4n) is 2.34. The van der Waals surface area contributed by atoms with Gasteiger partial charge < -0.3 is 4.90 Å². The molecule has 0 aromatic heterocycles. The third kappa shape index (κ3) is 3.21. The lowest BCUT2D eigenvalue weighted by molar-refractivity contribution is -0.130. The zero-order valence-electron chi connectivity index (χ0n) is 11.1. The van der Waals surface area contributed by atoms with Gasteiger partial charge >= 0.3 is 0 Å². The Morgan fingerprint density at radius 3 is 2.69 bits per heavy atom. The molecular weight excluding hydrogens is 200 g/mol. The zero-order valence-corrected chi connectivity index (χ0v) is 11.1. The summed E-state index contributed by atoms with van der Waals surface area (Å²) in [6.07, 6.45) is 4.34. The van der Waals surface area contributed by atoms with Crippen LogP contribution in [0.5, 0.6) is 0 Å². The minimum absolute atomic E-state index is 0.0735. The van der Waals surface area contributed by atoms with Gasteiger partial charge in [0, 0.05) is 6.04 Å². The Morgan fingerprint density at radius 1 is 1.44 bits per heavy atom. The number of nitrogens with zero attached hydrogens (tertiary/aromatic N) is 1. The molecule has 3 nitrogen and oxygen atoms in total. The molecule has 3 heteroatoms. The number of rotatable bonds is 6. The molecule has 0 spiro atoms. The van der Waals surface area contributed by atoms with Gasteiger partial charge in [-0.25, -0.2) is 0 Å². The molecule has 3 atom stereocenters. The third-order valence-corrected chi connectivity index (χ3v) is 3.64. The van der Waals surface area contributed by atoms with Crippen LogP contribution in [0.1, 0.15) is 53.4 Å². The second kappa shape index (κ2) is 6.24. The van der Waals surface area contributed by atoms with Crippen molar-refractivity contribution < 1.29 is 4.79 Å². The molecule has 16 heavy (non-hydrogen) atoms. The summed E-state index contributed by atoms with van der Waals surface area (Å²) in [5.74, 6) is 1.01. The first-order valence-electron chi connectivity index (χ1n) is 6.63. The quantitative estimate of drug-likeness (QED) is 0.754. The molecule has 1 rings (SSSR count). The van der Waals surface area contributed by atoms with E-state index in [9.17, 15) is 4.79 Å². The average Bonchev–Trinajstić information content (AvgIpc) is 2.61. The molecule has 0 aromatic rings. The van der Waals surface area contributed by atoms with E-state index in [4.69, 9.17) is 0 Å². The number of amides is 1. The first-order chi connectivity index (χ1) is 7.60. The Labute approximate surface area is 99.6 Å². The lowest BCUT2D eigenvalue weighted by Crippen LogP contribution is -2.37. The predicted octanol–water partition coefficient (Wildman–Crippen LogP) is 2.37. The van der Waals surface area contributed by atoms with Crippen molar-refractivity contribution in [1.82, 2.24) is 10.2 Å². The lowest BCUT2D eigenvalue weighted by Gasteiger charge is -2.26.